The van der Waals surface area contributed by atoms with Crippen molar-refractivity contribution in [1.29, 1.82) is 0 Å². The van der Waals surface area contributed by atoms with Crippen molar-refractivity contribution in [1.82, 2.24) is 5.32 Å². The van der Waals surface area contributed by atoms with Crippen LogP contribution in [0.5, 0.6) is 11.5 Å². The van der Waals surface area contributed by atoms with Crippen molar-refractivity contribution in [2.24, 2.45) is 0 Å². The van der Waals surface area contributed by atoms with Crippen LogP contribution in [0.25, 0.3) is 0 Å². The maximum atomic E-state index is 13.8. The lowest BCUT2D eigenvalue weighted by Gasteiger charge is -2.36. The van der Waals surface area contributed by atoms with Crippen molar-refractivity contribution in [3.05, 3.63) is 118 Å². The van der Waals surface area contributed by atoms with Crippen LogP contribution in [-0.2, 0) is 20.7 Å². The molecule has 1 aliphatic heterocycles. The third-order valence-electron chi connectivity index (χ3n) is 7.53. The van der Waals surface area contributed by atoms with Gasteiger partial charge in [0.25, 0.3) is 0 Å². The van der Waals surface area contributed by atoms with Gasteiger partial charge in [-0.25, -0.2) is 4.79 Å². The molecule has 0 saturated heterocycles. The standard InChI is InChI=1S/C33H33NO5/c1-21-30(33(36)39-17-16-22-10-6-4-7-11-22)31(24-14-15-28(37-2)29(20-24)38-3)32-26(34-21)18-25(19-27(32)35)23-12-8-5-9-13-23/h4-15,20,25,31,34H,16-19H2,1-3H3/t25-,31+/m1/s1. The molecule has 0 saturated carbocycles. The van der Waals surface area contributed by atoms with Crippen LogP contribution in [0.15, 0.2) is 101 Å². The Balaban J connectivity index is 1.51. The number of hydrogen-bond acceptors (Lipinski definition) is 6. The number of ketones is 1. The fourth-order valence-corrected chi connectivity index (χ4v) is 5.62. The predicted octanol–water partition coefficient (Wildman–Crippen LogP) is 5.85. The van der Waals surface area contributed by atoms with Crippen molar-refractivity contribution in [2.45, 2.75) is 38.0 Å². The van der Waals surface area contributed by atoms with Gasteiger partial charge in [-0.05, 0) is 48.1 Å². The molecule has 6 heteroatoms. The molecular formula is C33H33NO5. The van der Waals surface area contributed by atoms with E-state index in [0.717, 1.165) is 22.4 Å². The van der Waals surface area contributed by atoms with Crippen molar-refractivity contribution in [2.75, 3.05) is 20.8 Å². The van der Waals surface area contributed by atoms with E-state index in [0.29, 0.717) is 47.6 Å². The molecule has 1 aliphatic carbocycles. The van der Waals surface area contributed by atoms with Crippen LogP contribution < -0.4 is 14.8 Å². The smallest absolute Gasteiger partial charge is 0.336 e. The third kappa shape index (κ3) is 5.46. The van der Waals surface area contributed by atoms with Crippen LogP contribution in [0, 0.1) is 0 Å². The maximum Gasteiger partial charge on any atom is 0.336 e. The highest BCUT2D eigenvalue weighted by atomic mass is 16.5. The number of hydrogen-bond donors (Lipinski definition) is 1. The van der Waals surface area contributed by atoms with Gasteiger partial charge in [-0.2, -0.15) is 0 Å². The van der Waals surface area contributed by atoms with Crippen molar-refractivity contribution in [3.8, 4) is 11.5 Å². The van der Waals surface area contributed by atoms with E-state index in [1.54, 1.807) is 14.2 Å². The lowest BCUT2D eigenvalue weighted by atomic mass is 9.71. The summed E-state index contributed by atoms with van der Waals surface area (Å²) in [5.74, 6) is 0.212. The summed E-state index contributed by atoms with van der Waals surface area (Å²) < 4.78 is 16.8. The lowest BCUT2D eigenvalue weighted by molar-refractivity contribution is -0.139. The molecule has 0 aromatic heterocycles. The molecule has 0 bridgehead atoms. The summed E-state index contributed by atoms with van der Waals surface area (Å²) in [4.78, 5) is 27.4. The van der Waals surface area contributed by atoms with E-state index in [9.17, 15) is 9.59 Å². The molecule has 1 N–H and O–H groups in total. The van der Waals surface area contributed by atoms with Crippen LogP contribution in [0.1, 0.15) is 48.3 Å². The van der Waals surface area contributed by atoms with Crippen LogP contribution in [0.2, 0.25) is 0 Å². The first kappa shape index (κ1) is 26.3. The number of allylic oxidation sites excluding steroid dienone is 3. The highest BCUT2D eigenvalue weighted by molar-refractivity contribution is 6.04. The SMILES string of the molecule is COc1ccc([C@H]2C(C(=O)OCCc3ccccc3)=C(C)NC3=C2C(=O)C[C@H](c2ccccc2)C3)cc1OC. The Labute approximate surface area is 229 Å². The van der Waals surface area contributed by atoms with Gasteiger partial charge in [0.05, 0.1) is 26.4 Å². The molecule has 5 rings (SSSR count). The maximum absolute atomic E-state index is 13.8. The first-order chi connectivity index (χ1) is 19.0. The monoisotopic (exact) mass is 523 g/mol. The summed E-state index contributed by atoms with van der Waals surface area (Å²) in [6, 6.07) is 25.6. The van der Waals surface area contributed by atoms with Gasteiger partial charge in [0.2, 0.25) is 0 Å². The van der Waals surface area contributed by atoms with Gasteiger partial charge in [0.15, 0.2) is 17.3 Å². The zero-order valence-corrected chi connectivity index (χ0v) is 22.5. The van der Waals surface area contributed by atoms with Crippen molar-refractivity contribution >= 4 is 11.8 Å². The van der Waals surface area contributed by atoms with E-state index in [1.807, 2.05) is 73.7 Å². The Morgan fingerprint density at radius 2 is 1.56 bits per heavy atom. The summed E-state index contributed by atoms with van der Waals surface area (Å²) in [5.41, 5.74) is 5.62. The summed E-state index contributed by atoms with van der Waals surface area (Å²) >= 11 is 0. The molecule has 200 valence electrons. The second-order valence-electron chi connectivity index (χ2n) is 9.91. The zero-order valence-electron chi connectivity index (χ0n) is 22.5. The largest absolute Gasteiger partial charge is 0.493 e. The molecule has 3 aromatic rings. The zero-order chi connectivity index (χ0) is 27.4. The molecule has 0 radical (unpaired) electrons. The van der Waals surface area contributed by atoms with Crippen LogP contribution in [-0.4, -0.2) is 32.6 Å². The first-order valence-electron chi connectivity index (χ1n) is 13.2. The highest BCUT2D eigenvalue weighted by Gasteiger charge is 2.41. The third-order valence-corrected chi connectivity index (χ3v) is 7.53. The second kappa shape index (κ2) is 11.6. The van der Waals surface area contributed by atoms with Crippen molar-refractivity contribution in [3.63, 3.8) is 0 Å². The number of nitrogens with one attached hydrogen (secondary N) is 1. The summed E-state index contributed by atoms with van der Waals surface area (Å²) in [6.07, 6.45) is 1.67. The average Bonchev–Trinajstić information content (AvgIpc) is 2.96. The lowest BCUT2D eigenvalue weighted by Crippen LogP contribution is -2.36. The number of rotatable bonds is 8. The van der Waals surface area contributed by atoms with Crippen LogP contribution >= 0.6 is 0 Å². The number of dihydropyridines is 1. The quantitative estimate of drug-likeness (QED) is 0.374. The predicted molar refractivity (Wildman–Crippen MR) is 150 cm³/mol. The fourth-order valence-electron chi connectivity index (χ4n) is 5.62. The van der Waals surface area contributed by atoms with E-state index < -0.39 is 11.9 Å². The van der Waals surface area contributed by atoms with Crippen LogP contribution in [0.4, 0.5) is 0 Å². The number of Topliss-reactive ketones (excluding diaryl/α,β-unsaturated/α-hetero) is 1. The van der Waals surface area contributed by atoms with E-state index in [2.05, 4.69) is 17.4 Å². The molecule has 0 unspecified atom stereocenters. The molecule has 0 spiro atoms. The summed E-state index contributed by atoms with van der Waals surface area (Å²) in [5, 5.41) is 3.42. The van der Waals surface area contributed by atoms with Gasteiger partial charge >= 0.3 is 5.97 Å². The van der Waals surface area contributed by atoms with Gasteiger partial charge in [0, 0.05) is 35.7 Å². The van der Waals surface area contributed by atoms with E-state index in [4.69, 9.17) is 14.2 Å². The number of carbonyl (C=O) groups excluding carboxylic acids is 2. The number of esters is 1. The van der Waals surface area contributed by atoms with Gasteiger partial charge in [-0.3, -0.25) is 4.79 Å². The van der Waals surface area contributed by atoms with E-state index >= 15 is 0 Å². The molecule has 2 atom stereocenters. The number of carbonyl (C=O) groups is 2. The molecule has 1 heterocycles. The molecule has 0 amide bonds. The van der Waals surface area contributed by atoms with Gasteiger partial charge < -0.3 is 19.5 Å². The van der Waals surface area contributed by atoms with Gasteiger partial charge in [0.1, 0.15) is 0 Å². The highest BCUT2D eigenvalue weighted by Crippen LogP contribution is 2.47. The Bertz CT molecular complexity index is 1420. The normalized spacial score (nSPS) is 18.8. The van der Waals surface area contributed by atoms with Gasteiger partial charge in [-0.15, -0.1) is 0 Å². The first-order valence-corrected chi connectivity index (χ1v) is 13.2. The summed E-state index contributed by atoms with van der Waals surface area (Å²) in [6.45, 7) is 2.12. The molecule has 3 aromatic carbocycles. The minimum atomic E-state index is -0.575. The number of benzene rings is 3. The summed E-state index contributed by atoms with van der Waals surface area (Å²) in [7, 11) is 3.15. The Morgan fingerprint density at radius 3 is 2.26 bits per heavy atom. The number of methoxy groups -OCH3 is 2. The topological polar surface area (TPSA) is 73.9 Å². The molecular weight excluding hydrogens is 490 g/mol. The minimum absolute atomic E-state index is 0.0273. The van der Waals surface area contributed by atoms with Gasteiger partial charge in [-0.1, -0.05) is 66.7 Å². The van der Waals surface area contributed by atoms with E-state index in [-0.39, 0.29) is 18.3 Å². The molecule has 39 heavy (non-hydrogen) atoms. The Kier molecular flexibility index (Phi) is 7.82. The number of ether oxygens (including phenoxy) is 3. The molecule has 2 aliphatic rings. The van der Waals surface area contributed by atoms with E-state index in [1.165, 1.54) is 0 Å². The fraction of sp³-hybridized carbons (Fsp3) is 0.273. The Morgan fingerprint density at radius 1 is 0.872 bits per heavy atom. The van der Waals surface area contributed by atoms with Crippen LogP contribution in [0.3, 0.4) is 0 Å². The average molecular weight is 524 g/mol. The molecule has 6 nitrogen and oxygen atoms in total. The van der Waals surface area contributed by atoms with Crippen molar-refractivity contribution < 1.29 is 23.8 Å². The second-order valence-corrected chi connectivity index (χ2v) is 9.91. The molecule has 0 fully saturated rings. The Hall–Kier alpha value is -4.32. The minimum Gasteiger partial charge on any atom is -0.493 e.